The van der Waals surface area contributed by atoms with Gasteiger partial charge in [-0.05, 0) is 37.8 Å². The largest absolute Gasteiger partial charge is 0.495 e. The van der Waals surface area contributed by atoms with Crippen molar-refractivity contribution in [2.45, 2.75) is 36.9 Å². The van der Waals surface area contributed by atoms with Gasteiger partial charge in [-0.3, -0.25) is 9.36 Å². The molecule has 1 amide bonds. The van der Waals surface area contributed by atoms with E-state index in [1.165, 1.54) is 24.6 Å². The maximum atomic E-state index is 12.8. The first-order valence-electron chi connectivity index (χ1n) is 11.3. The number of ether oxygens (including phenoxy) is 1. The third-order valence-electron chi connectivity index (χ3n) is 6.25. The minimum absolute atomic E-state index is 0.123. The molecule has 0 spiro atoms. The van der Waals surface area contributed by atoms with Crippen LogP contribution in [0.5, 0.6) is 5.75 Å². The molecule has 0 radical (unpaired) electrons. The van der Waals surface area contributed by atoms with Gasteiger partial charge < -0.3 is 19.4 Å². The third kappa shape index (κ3) is 3.80. The number of furan rings is 1. The van der Waals surface area contributed by atoms with Gasteiger partial charge in [0.05, 0.1) is 18.6 Å². The van der Waals surface area contributed by atoms with Crippen molar-refractivity contribution in [3.63, 3.8) is 0 Å². The zero-order chi connectivity index (χ0) is 22.4. The number of nitrogens with one attached hydrogen (secondary N) is 1. The minimum Gasteiger partial charge on any atom is -0.495 e. The fraction of sp³-hybridized carbons (Fsp3) is 0.375. The molecule has 0 unspecified atom stereocenters. The van der Waals surface area contributed by atoms with E-state index in [0.717, 1.165) is 53.4 Å². The average molecular weight is 464 g/mol. The first-order chi connectivity index (χ1) is 16.2. The van der Waals surface area contributed by atoms with Crippen LogP contribution in [0.15, 0.2) is 46.0 Å². The van der Waals surface area contributed by atoms with Crippen LogP contribution < -0.4 is 15.0 Å². The van der Waals surface area contributed by atoms with E-state index >= 15 is 0 Å². The van der Waals surface area contributed by atoms with Crippen LogP contribution >= 0.6 is 11.8 Å². The predicted molar refractivity (Wildman–Crippen MR) is 129 cm³/mol. The van der Waals surface area contributed by atoms with E-state index in [1.807, 2.05) is 36.4 Å². The molecule has 9 heteroatoms. The highest BCUT2D eigenvalue weighted by atomic mass is 32.2. The molecule has 2 aliphatic rings. The summed E-state index contributed by atoms with van der Waals surface area (Å²) in [7, 11) is 1.60. The van der Waals surface area contributed by atoms with Gasteiger partial charge in [-0.15, -0.1) is 10.2 Å². The number of amides is 1. The first kappa shape index (κ1) is 20.4. The van der Waals surface area contributed by atoms with Crippen molar-refractivity contribution >= 4 is 51.2 Å². The fourth-order valence-corrected chi connectivity index (χ4v) is 5.29. The number of fused-ring (bicyclic) bond motifs is 3. The third-order valence-corrected chi connectivity index (χ3v) is 7.20. The molecule has 3 heterocycles. The maximum absolute atomic E-state index is 12.8. The molecule has 170 valence electrons. The molecule has 33 heavy (non-hydrogen) atoms. The second-order valence-corrected chi connectivity index (χ2v) is 9.50. The van der Waals surface area contributed by atoms with E-state index in [4.69, 9.17) is 9.15 Å². The Morgan fingerprint density at radius 1 is 1.15 bits per heavy atom. The summed E-state index contributed by atoms with van der Waals surface area (Å²) >= 11 is 1.43. The zero-order valence-corrected chi connectivity index (χ0v) is 19.2. The lowest BCUT2D eigenvalue weighted by molar-refractivity contribution is -0.113. The van der Waals surface area contributed by atoms with Crippen LogP contribution in [0.1, 0.15) is 31.7 Å². The number of carbonyl (C=O) groups is 1. The number of aromatic nitrogens is 3. The Morgan fingerprint density at radius 2 is 1.97 bits per heavy atom. The number of hydrogen-bond donors (Lipinski definition) is 1. The van der Waals surface area contributed by atoms with Gasteiger partial charge in [-0.2, -0.15) is 0 Å². The van der Waals surface area contributed by atoms with Crippen molar-refractivity contribution in [2.24, 2.45) is 0 Å². The highest BCUT2D eigenvalue weighted by Gasteiger charge is 2.32. The smallest absolute Gasteiger partial charge is 0.234 e. The summed E-state index contributed by atoms with van der Waals surface area (Å²) in [4.78, 5) is 15.1. The normalized spacial score (nSPS) is 16.1. The Labute approximate surface area is 195 Å². The summed E-state index contributed by atoms with van der Waals surface area (Å²) in [5.74, 6) is 1.67. The van der Waals surface area contributed by atoms with E-state index in [2.05, 4.69) is 25.0 Å². The molecule has 1 saturated carbocycles. The number of nitrogens with zero attached hydrogens (tertiary/aromatic N) is 4. The first-order valence-corrected chi connectivity index (χ1v) is 12.3. The van der Waals surface area contributed by atoms with Gasteiger partial charge in [0.25, 0.3) is 0 Å². The fourth-order valence-electron chi connectivity index (χ4n) is 4.49. The Morgan fingerprint density at radius 3 is 2.76 bits per heavy atom. The van der Waals surface area contributed by atoms with Crippen LogP contribution in [-0.4, -0.2) is 46.6 Å². The number of hydrogen-bond acceptors (Lipinski definition) is 7. The van der Waals surface area contributed by atoms with Crippen molar-refractivity contribution in [1.29, 1.82) is 0 Å². The monoisotopic (exact) mass is 463 g/mol. The van der Waals surface area contributed by atoms with E-state index in [1.54, 1.807) is 7.11 Å². The summed E-state index contributed by atoms with van der Waals surface area (Å²) in [5.41, 5.74) is 2.11. The minimum atomic E-state index is -0.123. The van der Waals surface area contributed by atoms with Gasteiger partial charge >= 0.3 is 0 Å². The molecule has 1 saturated heterocycles. The zero-order valence-electron chi connectivity index (χ0n) is 18.4. The maximum Gasteiger partial charge on any atom is 0.234 e. The highest BCUT2D eigenvalue weighted by molar-refractivity contribution is 7.99. The standard InChI is InChI=1S/C24H25N5O3S/c1-31-21-12-17-16-6-2-3-7-19(16)32-20(17)13-18(21)25-22(30)14-33-24-27-26-23(28-10-4-5-11-28)29(24)15-8-9-15/h2-3,6-7,12-13,15H,4-5,8-11,14H2,1H3,(H,25,30). The molecule has 1 N–H and O–H groups in total. The van der Waals surface area contributed by atoms with Crippen LogP contribution in [0.4, 0.5) is 11.6 Å². The number of carbonyl (C=O) groups excluding carboxylic acids is 1. The van der Waals surface area contributed by atoms with Crippen molar-refractivity contribution in [1.82, 2.24) is 14.8 Å². The topological polar surface area (TPSA) is 85.4 Å². The lowest BCUT2D eigenvalue weighted by Crippen LogP contribution is -2.22. The van der Waals surface area contributed by atoms with Crippen molar-refractivity contribution in [3.8, 4) is 5.75 Å². The van der Waals surface area contributed by atoms with Crippen molar-refractivity contribution < 1.29 is 13.9 Å². The summed E-state index contributed by atoms with van der Waals surface area (Å²) < 4.78 is 13.8. The van der Waals surface area contributed by atoms with E-state index in [9.17, 15) is 4.79 Å². The van der Waals surface area contributed by atoms with Gasteiger partial charge in [0.2, 0.25) is 11.9 Å². The molecular weight excluding hydrogens is 438 g/mol. The van der Waals surface area contributed by atoms with Crippen molar-refractivity contribution in [3.05, 3.63) is 36.4 Å². The van der Waals surface area contributed by atoms with Gasteiger partial charge in [0, 0.05) is 36.0 Å². The Bertz CT molecular complexity index is 1340. The van der Waals surface area contributed by atoms with Crippen LogP contribution in [0.25, 0.3) is 21.9 Å². The lowest BCUT2D eigenvalue weighted by Gasteiger charge is -2.18. The molecule has 6 rings (SSSR count). The Balaban J connectivity index is 1.20. The molecule has 8 nitrogen and oxygen atoms in total. The highest BCUT2D eigenvalue weighted by Crippen LogP contribution is 2.41. The molecule has 1 aliphatic heterocycles. The Hall–Kier alpha value is -3.20. The molecule has 2 aromatic carbocycles. The van der Waals surface area contributed by atoms with E-state index in [-0.39, 0.29) is 11.7 Å². The number of benzene rings is 2. The van der Waals surface area contributed by atoms with E-state index < -0.39 is 0 Å². The number of para-hydroxylation sites is 1. The Kier molecular flexibility index (Phi) is 5.13. The molecule has 4 aromatic rings. The van der Waals surface area contributed by atoms with Crippen LogP contribution in [-0.2, 0) is 4.79 Å². The number of methoxy groups -OCH3 is 1. The molecule has 2 aromatic heterocycles. The summed E-state index contributed by atoms with van der Waals surface area (Å²) in [6, 6.07) is 12.1. The number of thioether (sulfide) groups is 1. The number of anilines is 2. The molecular formula is C24H25N5O3S. The van der Waals surface area contributed by atoms with Crippen LogP contribution in [0.2, 0.25) is 0 Å². The molecule has 1 aliphatic carbocycles. The van der Waals surface area contributed by atoms with Crippen LogP contribution in [0.3, 0.4) is 0 Å². The van der Waals surface area contributed by atoms with Crippen molar-refractivity contribution in [2.75, 3.05) is 36.2 Å². The molecule has 0 atom stereocenters. The summed E-state index contributed by atoms with van der Waals surface area (Å²) in [6.45, 7) is 2.06. The van der Waals surface area contributed by atoms with Gasteiger partial charge in [0.1, 0.15) is 16.9 Å². The second kappa shape index (κ2) is 8.30. The lowest BCUT2D eigenvalue weighted by atomic mass is 10.1. The summed E-state index contributed by atoms with van der Waals surface area (Å²) in [5, 5.41) is 14.6. The SMILES string of the molecule is COc1cc2c(cc1NC(=O)CSc1nnc(N3CCCC3)n1C1CC1)oc1ccccc12. The van der Waals surface area contributed by atoms with E-state index in [0.29, 0.717) is 23.1 Å². The molecule has 0 bridgehead atoms. The summed E-state index contributed by atoms with van der Waals surface area (Å²) in [6.07, 6.45) is 4.68. The van der Waals surface area contributed by atoms with Gasteiger partial charge in [-0.1, -0.05) is 30.0 Å². The van der Waals surface area contributed by atoms with Gasteiger partial charge in [-0.25, -0.2) is 0 Å². The number of rotatable bonds is 7. The quantitative estimate of drug-likeness (QED) is 0.392. The second-order valence-electron chi connectivity index (χ2n) is 8.56. The predicted octanol–water partition coefficient (Wildman–Crippen LogP) is 4.85. The van der Waals surface area contributed by atoms with Crippen LogP contribution in [0, 0.1) is 0 Å². The average Bonchev–Trinajstić information content (AvgIpc) is 3.23. The molecule has 2 fully saturated rings. The van der Waals surface area contributed by atoms with Gasteiger partial charge in [0.15, 0.2) is 5.16 Å².